The first-order valence-corrected chi connectivity index (χ1v) is 8.51. The van der Waals surface area contributed by atoms with Crippen molar-refractivity contribution in [2.45, 2.75) is 50.4 Å². The number of rotatable bonds is 5. The zero-order valence-corrected chi connectivity index (χ0v) is 14.1. The third-order valence-electron chi connectivity index (χ3n) is 3.85. The Bertz CT molecular complexity index is 436. The summed E-state index contributed by atoms with van der Waals surface area (Å²) in [6, 6.07) is 7.89. The van der Waals surface area contributed by atoms with Crippen LogP contribution in [0, 0.1) is 0 Å². The smallest absolute Gasteiger partial charge is 0.251 e. The number of nitrogens with one attached hydrogen (secondary N) is 1. The van der Waals surface area contributed by atoms with Gasteiger partial charge in [-0.3, -0.25) is 4.79 Å². The summed E-state index contributed by atoms with van der Waals surface area (Å²) in [6.45, 7) is 2.70. The molecule has 1 aromatic rings. The molecular formula is C16H25ClN2OS. The highest BCUT2D eigenvalue weighted by Crippen LogP contribution is 2.28. The first kappa shape index (κ1) is 18.3. The fraction of sp³-hybridized carbons (Fsp3) is 0.562. The van der Waals surface area contributed by atoms with Gasteiger partial charge in [0.15, 0.2) is 0 Å². The first-order valence-electron chi connectivity index (χ1n) is 7.46. The summed E-state index contributed by atoms with van der Waals surface area (Å²) in [5, 5.41) is 3.79. The van der Waals surface area contributed by atoms with Crippen LogP contribution in [0.3, 0.4) is 0 Å². The summed E-state index contributed by atoms with van der Waals surface area (Å²) in [4.78, 5) is 12.3. The Morgan fingerprint density at radius 3 is 2.57 bits per heavy atom. The standard InChI is InChI=1S/C16H24N2OS.ClH/c1-2-20-15-6-4-3-5-14(15)18-16(19)13-9-7-12(11-17)8-10-13;/h7-10,14-15H,2-6,11,17H2,1H3,(H,18,19);1H. The fourth-order valence-corrected chi connectivity index (χ4v) is 3.92. The van der Waals surface area contributed by atoms with Crippen LogP contribution in [0.5, 0.6) is 0 Å². The van der Waals surface area contributed by atoms with E-state index in [9.17, 15) is 4.79 Å². The lowest BCUT2D eigenvalue weighted by molar-refractivity contribution is 0.0929. The molecular weight excluding hydrogens is 304 g/mol. The van der Waals surface area contributed by atoms with E-state index in [1.54, 1.807) is 0 Å². The normalized spacial score (nSPS) is 21.4. The average molecular weight is 329 g/mol. The van der Waals surface area contributed by atoms with Crippen molar-refractivity contribution in [3.8, 4) is 0 Å². The third-order valence-corrected chi connectivity index (χ3v) is 5.18. The van der Waals surface area contributed by atoms with Crippen LogP contribution in [0.4, 0.5) is 0 Å². The minimum Gasteiger partial charge on any atom is -0.348 e. The predicted octanol–water partition coefficient (Wildman–Crippen LogP) is 3.36. The van der Waals surface area contributed by atoms with E-state index >= 15 is 0 Å². The molecule has 1 saturated carbocycles. The molecule has 5 heteroatoms. The molecule has 1 fully saturated rings. The predicted molar refractivity (Wildman–Crippen MR) is 93.2 cm³/mol. The van der Waals surface area contributed by atoms with Crippen LogP contribution in [0.1, 0.15) is 48.5 Å². The number of carbonyl (C=O) groups is 1. The minimum absolute atomic E-state index is 0. The van der Waals surface area contributed by atoms with E-state index in [1.165, 1.54) is 19.3 Å². The molecule has 118 valence electrons. The van der Waals surface area contributed by atoms with Gasteiger partial charge >= 0.3 is 0 Å². The number of hydrogen-bond acceptors (Lipinski definition) is 3. The van der Waals surface area contributed by atoms with Gasteiger partial charge in [-0.15, -0.1) is 12.4 Å². The van der Waals surface area contributed by atoms with Crippen molar-refractivity contribution in [1.82, 2.24) is 5.32 Å². The molecule has 3 N–H and O–H groups in total. The van der Waals surface area contributed by atoms with Gasteiger partial charge in [-0.25, -0.2) is 0 Å². The molecule has 2 rings (SSSR count). The van der Waals surface area contributed by atoms with Crippen LogP contribution >= 0.6 is 24.2 Å². The van der Waals surface area contributed by atoms with Gasteiger partial charge in [0, 0.05) is 23.4 Å². The molecule has 0 spiro atoms. The van der Waals surface area contributed by atoms with Crippen molar-refractivity contribution < 1.29 is 4.79 Å². The number of benzene rings is 1. The molecule has 0 radical (unpaired) electrons. The molecule has 1 aliphatic carbocycles. The number of halogens is 1. The van der Waals surface area contributed by atoms with Gasteiger partial charge in [0.25, 0.3) is 5.91 Å². The third kappa shape index (κ3) is 5.20. The van der Waals surface area contributed by atoms with Gasteiger partial charge in [-0.2, -0.15) is 11.8 Å². The number of carbonyl (C=O) groups excluding carboxylic acids is 1. The quantitative estimate of drug-likeness (QED) is 0.871. The monoisotopic (exact) mass is 328 g/mol. The highest BCUT2D eigenvalue weighted by Gasteiger charge is 2.26. The van der Waals surface area contributed by atoms with Gasteiger partial charge in [0.2, 0.25) is 0 Å². The molecule has 0 aliphatic heterocycles. The maximum atomic E-state index is 12.3. The fourth-order valence-electron chi connectivity index (χ4n) is 2.72. The first-order chi connectivity index (χ1) is 9.74. The van der Waals surface area contributed by atoms with Gasteiger partial charge in [0.05, 0.1) is 0 Å². The molecule has 0 bridgehead atoms. The molecule has 1 amide bonds. The zero-order valence-electron chi connectivity index (χ0n) is 12.5. The molecule has 3 nitrogen and oxygen atoms in total. The van der Waals surface area contributed by atoms with Crippen molar-refractivity contribution in [2.24, 2.45) is 5.73 Å². The Morgan fingerprint density at radius 2 is 1.95 bits per heavy atom. The van der Waals surface area contributed by atoms with Crippen LogP contribution in [0.25, 0.3) is 0 Å². The van der Waals surface area contributed by atoms with E-state index in [4.69, 9.17) is 5.73 Å². The van der Waals surface area contributed by atoms with E-state index < -0.39 is 0 Å². The lowest BCUT2D eigenvalue weighted by Gasteiger charge is -2.31. The van der Waals surface area contributed by atoms with Crippen molar-refractivity contribution in [1.29, 1.82) is 0 Å². The summed E-state index contributed by atoms with van der Waals surface area (Å²) in [5.74, 6) is 1.16. The lowest BCUT2D eigenvalue weighted by atomic mass is 9.94. The van der Waals surface area contributed by atoms with Gasteiger partial charge in [0.1, 0.15) is 0 Å². The number of thioether (sulfide) groups is 1. The van der Waals surface area contributed by atoms with Crippen LogP contribution in [0.15, 0.2) is 24.3 Å². The van der Waals surface area contributed by atoms with E-state index in [-0.39, 0.29) is 18.3 Å². The average Bonchev–Trinajstić information content (AvgIpc) is 2.49. The van der Waals surface area contributed by atoms with Crippen LogP contribution < -0.4 is 11.1 Å². The molecule has 1 aliphatic rings. The van der Waals surface area contributed by atoms with Gasteiger partial charge in [-0.05, 0) is 36.3 Å². The van der Waals surface area contributed by atoms with E-state index in [0.717, 1.165) is 23.3 Å². The number of nitrogens with two attached hydrogens (primary N) is 1. The number of amides is 1. The Morgan fingerprint density at radius 1 is 1.29 bits per heavy atom. The van der Waals surface area contributed by atoms with Gasteiger partial charge in [-0.1, -0.05) is 31.9 Å². The van der Waals surface area contributed by atoms with Crippen molar-refractivity contribution in [3.05, 3.63) is 35.4 Å². The van der Waals surface area contributed by atoms with Gasteiger partial charge < -0.3 is 11.1 Å². The highest BCUT2D eigenvalue weighted by molar-refractivity contribution is 7.99. The summed E-state index contributed by atoms with van der Waals surface area (Å²) in [6.07, 6.45) is 4.83. The summed E-state index contributed by atoms with van der Waals surface area (Å²) < 4.78 is 0. The largest absolute Gasteiger partial charge is 0.348 e. The second kappa shape index (κ2) is 9.34. The maximum Gasteiger partial charge on any atom is 0.251 e. The molecule has 0 saturated heterocycles. The Kier molecular flexibility index (Phi) is 8.15. The van der Waals surface area contributed by atoms with Crippen molar-refractivity contribution in [3.63, 3.8) is 0 Å². The highest BCUT2D eigenvalue weighted by atomic mass is 35.5. The summed E-state index contributed by atoms with van der Waals surface area (Å²) in [7, 11) is 0. The topological polar surface area (TPSA) is 55.1 Å². The molecule has 0 heterocycles. The zero-order chi connectivity index (χ0) is 14.4. The second-order valence-electron chi connectivity index (χ2n) is 5.26. The SMILES string of the molecule is CCSC1CCCCC1NC(=O)c1ccc(CN)cc1.Cl. The summed E-state index contributed by atoms with van der Waals surface area (Å²) >= 11 is 1.97. The van der Waals surface area contributed by atoms with Crippen LogP contribution in [0.2, 0.25) is 0 Å². The van der Waals surface area contributed by atoms with E-state index in [1.807, 2.05) is 36.0 Å². The molecule has 21 heavy (non-hydrogen) atoms. The maximum absolute atomic E-state index is 12.3. The summed E-state index contributed by atoms with van der Waals surface area (Å²) in [5.41, 5.74) is 7.36. The minimum atomic E-state index is 0. The van der Waals surface area contributed by atoms with E-state index in [0.29, 0.717) is 17.8 Å². The van der Waals surface area contributed by atoms with Crippen molar-refractivity contribution >= 4 is 30.1 Å². The van der Waals surface area contributed by atoms with Crippen molar-refractivity contribution in [2.75, 3.05) is 5.75 Å². The molecule has 2 atom stereocenters. The molecule has 1 aromatic carbocycles. The Hall–Kier alpha value is -0.710. The Labute approximate surface area is 137 Å². The Balaban J connectivity index is 0.00000220. The molecule has 2 unspecified atom stereocenters. The van der Waals surface area contributed by atoms with Crippen LogP contribution in [-0.4, -0.2) is 23.0 Å². The molecule has 0 aromatic heterocycles. The lowest BCUT2D eigenvalue weighted by Crippen LogP contribution is -2.43. The number of hydrogen-bond donors (Lipinski definition) is 2. The van der Waals surface area contributed by atoms with Crippen LogP contribution in [-0.2, 0) is 6.54 Å². The van der Waals surface area contributed by atoms with E-state index in [2.05, 4.69) is 12.2 Å². The second-order valence-corrected chi connectivity index (χ2v) is 6.78.